The molecule has 1 aromatic rings. The average Bonchev–Trinajstić information content (AvgIpc) is 2.89. The summed E-state index contributed by atoms with van der Waals surface area (Å²) in [4.78, 5) is 0. The van der Waals surface area contributed by atoms with E-state index in [0.717, 1.165) is 6.42 Å². The van der Waals surface area contributed by atoms with Crippen LogP contribution in [0, 0.1) is 5.92 Å². The van der Waals surface area contributed by atoms with Crippen molar-refractivity contribution in [3.63, 3.8) is 0 Å². The standard InChI is InChI=1S/C16H25NO3S/c1-16(2,3)14-5-7-15(8-6-14)17(4)21(18,19)12-13-9-10-20-11-13/h5-8,13H,9-12H2,1-4H3. The highest BCUT2D eigenvalue weighted by molar-refractivity contribution is 7.92. The highest BCUT2D eigenvalue weighted by Crippen LogP contribution is 2.26. The third kappa shape index (κ3) is 3.98. The minimum atomic E-state index is -3.29. The molecule has 1 saturated heterocycles. The molecule has 5 heteroatoms. The minimum Gasteiger partial charge on any atom is -0.381 e. The lowest BCUT2D eigenvalue weighted by Gasteiger charge is -2.23. The molecule has 0 aromatic heterocycles. The van der Waals surface area contributed by atoms with Gasteiger partial charge in [-0.05, 0) is 29.5 Å². The Morgan fingerprint density at radius 1 is 1.24 bits per heavy atom. The van der Waals surface area contributed by atoms with Gasteiger partial charge in [-0.2, -0.15) is 0 Å². The van der Waals surface area contributed by atoms with Crippen LogP contribution in [0.15, 0.2) is 24.3 Å². The van der Waals surface area contributed by atoms with Gasteiger partial charge < -0.3 is 4.74 Å². The van der Waals surface area contributed by atoms with Crippen molar-refractivity contribution in [2.24, 2.45) is 5.92 Å². The third-order valence-electron chi connectivity index (χ3n) is 3.98. The number of benzene rings is 1. The Morgan fingerprint density at radius 3 is 2.33 bits per heavy atom. The van der Waals surface area contributed by atoms with Crippen LogP contribution in [0.2, 0.25) is 0 Å². The SMILES string of the molecule is CN(c1ccc(C(C)(C)C)cc1)S(=O)(=O)CC1CCOC1. The number of hydrogen-bond acceptors (Lipinski definition) is 3. The Kier molecular flexibility index (Phi) is 4.63. The first-order valence-electron chi connectivity index (χ1n) is 7.35. The topological polar surface area (TPSA) is 46.6 Å². The molecule has 0 bridgehead atoms. The van der Waals surface area contributed by atoms with Gasteiger partial charge in [0.2, 0.25) is 10.0 Å². The van der Waals surface area contributed by atoms with Gasteiger partial charge in [-0.25, -0.2) is 8.42 Å². The Morgan fingerprint density at radius 2 is 1.86 bits per heavy atom. The van der Waals surface area contributed by atoms with E-state index in [9.17, 15) is 8.42 Å². The Hall–Kier alpha value is -1.07. The van der Waals surface area contributed by atoms with Gasteiger partial charge in [0.25, 0.3) is 0 Å². The van der Waals surface area contributed by atoms with E-state index in [-0.39, 0.29) is 17.1 Å². The van der Waals surface area contributed by atoms with Gasteiger partial charge in [-0.15, -0.1) is 0 Å². The van der Waals surface area contributed by atoms with Crippen molar-refractivity contribution < 1.29 is 13.2 Å². The molecule has 0 amide bonds. The molecule has 1 aliphatic rings. The van der Waals surface area contributed by atoms with E-state index < -0.39 is 10.0 Å². The van der Waals surface area contributed by atoms with Crippen molar-refractivity contribution in [1.29, 1.82) is 0 Å². The predicted molar refractivity (Wildman–Crippen MR) is 86.3 cm³/mol. The fraction of sp³-hybridized carbons (Fsp3) is 0.625. The van der Waals surface area contributed by atoms with Crippen LogP contribution in [0.4, 0.5) is 5.69 Å². The molecule has 21 heavy (non-hydrogen) atoms. The summed E-state index contributed by atoms with van der Waals surface area (Å²) >= 11 is 0. The van der Waals surface area contributed by atoms with Crippen molar-refractivity contribution in [2.45, 2.75) is 32.6 Å². The highest BCUT2D eigenvalue weighted by atomic mass is 32.2. The zero-order valence-corrected chi connectivity index (χ0v) is 14.1. The summed E-state index contributed by atoms with van der Waals surface area (Å²) in [6, 6.07) is 7.76. The summed E-state index contributed by atoms with van der Waals surface area (Å²) in [5.74, 6) is 0.274. The van der Waals surface area contributed by atoms with Crippen LogP contribution in [-0.2, 0) is 20.2 Å². The lowest BCUT2D eigenvalue weighted by atomic mass is 9.87. The smallest absolute Gasteiger partial charge is 0.235 e. The summed E-state index contributed by atoms with van der Waals surface area (Å²) in [5.41, 5.74) is 1.97. The quantitative estimate of drug-likeness (QED) is 0.859. The van der Waals surface area contributed by atoms with Crippen molar-refractivity contribution in [1.82, 2.24) is 0 Å². The number of ether oxygens (including phenoxy) is 1. The van der Waals surface area contributed by atoms with Crippen LogP contribution >= 0.6 is 0 Å². The van der Waals surface area contributed by atoms with E-state index in [1.54, 1.807) is 7.05 Å². The number of hydrogen-bond donors (Lipinski definition) is 0. The average molecular weight is 311 g/mol. The van der Waals surface area contributed by atoms with E-state index in [1.807, 2.05) is 24.3 Å². The first-order chi connectivity index (χ1) is 9.70. The van der Waals surface area contributed by atoms with E-state index in [2.05, 4.69) is 20.8 Å². The van der Waals surface area contributed by atoms with Gasteiger partial charge in [-0.1, -0.05) is 32.9 Å². The maximum atomic E-state index is 12.4. The molecule has 4 nitrogen and oxygen atoms in total. The lowest BCUT2D eigenvalue weighted by molar-refractivity contribution is 0.188. The molecule has 1 aromatic carbocycles. The summed E-state index contributed by atoms with van der Waals surface area (Å²) in [5, 5.41) is 0. The highest BCUT2D eigenvalue weighted by Gasteiger charge is 2.26. The van der Waals surface area contributed by atoms with E-state index in [0.29, 0.717) is 18.9 Å². The molecule has 118 valence electrons. The first-order valence-corrected chi connectivity index (χ1v) is 8.96. The minimum absolute atomic E-state index is 0.0666. The molecule has 1 aliphatic heterocycles. The lowest BCUT2D eigenvalue weighted by Crippen LogP contribution is -2.32. The predicted octanol–water partition coefficient (Wildman–Crippen LogP) is 2.79. The largest absolute Gasteiger partial charge is 0.381 e. The van der Waals surface area contributed by atoms with Crippen LogP contribution < -0.4 is 4.31 Å². The molecule has 0 spiro atoms. The van der Waals surface area contributed by atoms with Gasteiger partial charge in [0.1, 0.15) is 0 Å². The maximum Gasteiger partial charge on any atom is 0.235 e. The van der Waals surface area contributed by atoms with E-state index >= 15 is 0 Å². The molecule has 0 saturated carbocycles. The van der Waals surface area contributed by atoms with Crippen LogP contribution in [0.25, 0.3) is 0 Å². The summed E-state index contributed by atoms with van der Waals surface area (Å²) in [7, 11) is -1.67. The second kappa shape index (κ2) is 5.97. The molecule has 1 atom stereocenters. The Labute approximate surface area is 128 Å². The fourth-order valence-corrected chi connectivity index (χ4v) is 3.98. The number of rotatable bonds is 4. The summed E-state index contributed by atoms with van der Waals surface area (Å²) in [6.07, 6.45) is 0.829. The Balaban J connectivity index is 2.13. The summed E-state index contributed by atoms with van der Waals surface area (Å²) < 4.78 is 31.5. The van der Waals surface area contributed by atoms with Gasteiger partial charge in [0.05, 0.1) is 18.0 Å². The fourth-order valence-electron chi connectivity index (χ4n) is 2.46. The summed E-state index contributed by atoms with van der Waals surface area (Å²) in [6.45, 7) is 7.65. The number of sulfonamides is 1. The van der Waals surface area contributed by atoms with Crippen molar-refractivity contribution in [2.75, 3.05) is 30.3 Å². The van der Waals surface area contributed by atoms with Crippen LogP contribution in [0.3, 0.4) is 0 Å². The van der Waals surface area contributed by atoms with Crippen molar-refractivity contribution in [3.8, 4) is 0 Å². The second-order valence-electron chi connectivity index (χ2n) is 6.77. The van der Waals surface area contributed by atoms with Gasteiger partial charge in [-0.3, -0.25) is 4.31 Å². The van der Waals surface area contributed by atoms with E-state index in [1.165, 1.54) is 9.87 Å². The third-order valence-corrected chi connectivity index (χ3v) is 5.92. The molecule has 0 N–H and O–H groups in total. The van der Waals surface area contributed by atoms with Gasteiger partial charge >= 0.3 is 0 Å². The normalized spacial score (nSPS) is 19.7. The number of nitrogens with zero attached hydrogens (tertiary/aromatic N) is 1. The van der Waals surface area contributed by atoms with Crippen LogP contribution in [-0.4, -0.2) is 34.4 Å². The van der Waals surface area contributed by atoms with Crippen molar-refractivity contribution >= 4 is 15.7 Å². The Bertz CT molecular complexity index is 567. The van der Waals surface area contributed by atoms with Gasteiger partial charge in [0.15, 0.2) is 0 Å². The molecular weight excluding hydrogens is 286 g/mol. The zero-order chi connectivity index (χ0) is 15.7. The molecule has 2 rings (SSSR count). The second-order valence-corrected chi connectivity index (χ2v) is 8.82. The van der Waals surface area contributed by atoms with Crippen molar-refractivity contribution in [3.05, 3.63) is 29.8 Å². The number of anilines is 1. The van der Waals surface area contributed by atoms with Crippen LogP contribution in [0.1, 0.15) is 32.8 Å². The molecular formula is C16H25NO3S. The zero-order valence-electron chi connectivity index (χ0n) is 13.3. The maximum absolute atomic E-state index is 12.4. The monoisotopic (exact) mass is 311 g/mol. The molecule has 1 heterocycles. The van der Waals surface area contributed by atoms with Gasteiger partial charge in [0, 0.05) is 19.6 Å². The van der Waals surface area contributed by atoms with Crippen LogP contribution in [0.5, 0.6) is 0 Å². The molecule has 1 fully saturated rings. The molecule has 0 aliphatic carbocycles. The molecule has 0 radical (unpaired) electrons. The first kappa shape index (κ1) is 16.3. The van der Waals surface area contributed by atoms with E-state index in [4.69, 9.17) is 4.74 Å². The molecule has 1 unspecified atom stereocenters.